The van der Waals surface area contributed by atoms with Gasteiger partial charge in [-0.2, -0.15) is 0 Å². The van der Waals surface area contributed by atoms with E-state index in [1.165, 1.54) is 12.0 Å². The second kappa shape index (κ2) is 5.37. The average Bonchev–Trinajstić information content (AvgIpc) is 2.67. The van der Waals surface area contributed by atoms with Gasteiger partial charge in [0.05, 0.1) is 12.9 Å². The van der Waals surface area contributed by atoms with E-state index >= 15 is 0 Å². The van der Waals surface area contributed by atoms with Crippen LogP contribution in [-0.4, -0.2) is 38.7 Å². The van der Waals surface area contributed by atoms with Gasteiger partial charge in [-0.05, 0) is 18.6 Å². The topological polar surface area (TPSA) is 103 Å². The molecule has 110 valence electrons. The molecule has 2 rings (SSSR count). The summed E-state index contributed by atoms with van der Waals surface area (Å²) in [5, 5.41) is 5.04. The second-order valence-electron chi connectivity index (χ2n) is 4.89. The van der Waals surface area contributed by atoms with Crippen LogP contribution < -0.4 is 14.8 Å². The van der Waals surface area contributed by atoms with Crippen molar-refractivity contribution in [3.63, 3.8) is 0 Å². The molecular weight excluding hydrogens is 282 g/mol. The van der Waals surface area contributed by atoms with Crippen molar-refractivity contribution < 1.29 is 17.9 Å². The molecule has 20 heavy (non-hydrogen) atoms. The van der Waals surface area contributed by atoms with Crippen molar-refractivity contribution in [1.82, 2.24) is 4.98 Å². The zero-order valence-corrected chi connectivity index (χ0v) is 12.2. The number of amides is 1. The Labute approximate surface area is 117 Å². The summed E-state index contributed by atoms with van der Waals surface area (Å²) < 4.78 is 27.5. The molecule has 1 atom stereocenters. The van der Waals surface area contributed by atoms with Crippen LogP contribution in [0.4, 0.5) is 5.69 Å². The average molecular weight is 299 g/mol. The molecule has 1 unspecified atom stereocenters. The number of hydrogen-bond donors (Lipinski definition) is 1. The molecule has 1 aromatic rings. The number of aryl methyl sites for hydroxylation is 1. The Kier molecular flexibility index (Phi) is 3.96. The van der Waals surface area contributed by atoms with Crippen LogP contribution in [-0.2, 0) is 14.8 Å². The fourth-order valence-electron chi connectivity index (χ4n) is 2.44. The molecule has 0 aliphatic carbocycles. The van der Waals surface area contributed by atoms with Crippen LogP contribution in [0.3, 0.4) is 0 Å². The molecule has 1 aliphatic rings. The van der Waals surface area contributed by atoms with E-state index in [0.717, 1.165) is 5.56 Å². The lowest BCUT2D eigenvalue weighted by Gasteiger charge is -2.20. The zero-order chi connectivity index (χ0) is 14.9. The van der Waals surface area contributed by atoms with E-state index in [1.54, 1.807) is 12.3 Å². The molecule has 8 heteroatoms. The summed E-state index contributed by atoms with van der Waals surface area (Å²) in [6.45, 7) is 2.15. The second-order valence-corrected chi connectivity index (χ2v) is 6.55. The van der Waals surface area contributed by atoms with E-state index < -0.39 is 10.0 Å². The third-order valence-electron chi connectivity index (χ3n) is 3.23. The van der Waals surface area contributed by atoms with Gasteiger partial charge in [0.1, 0.15) is 5.69 Å². The fourth-order valence-corrected chi connectivity index (χ4v) is 3.32. The number of rotatable bonds is 4. The van der Waals surface area contributed by atoms with Gasteiger partial charge in [0, 0.05) is 25.1 Å². The first kappa shape index (κ1) is 14.7. The van der Waals surface area contributed by atoms with Crippen LogP contribution >= 0.6 is 0 Å². The van der Waals surface area contributed by atoms with Gasteiger partial charge >= 0.3 is 0 Å². The minimum absolute atomic E-state index is 0.145. The first-order chi connectivity index (χ1) is 9.31. The summed E-state index contributed by atoms with van der Waals surface area (Å²) in [6.07, 6.45) is 1.76. The van der Waals surface area contributed by atoms with Crippen molar-refractivity contribution in [2.45, 2.75) is 13.3 Å². The molecule has 1 aromatic heterocycles. The number of nitrogens with two attached hydrogens (primary N) is 1. The Balaban J connectivity index is 2.29. The fraction of sp³-hybridized carbons (Fsp3) is 0.500. The highest BCUT2D eigenvalue weighted by molar-refractivity contribution is 7.89. The van der Waals surface area contributed by atoms with Crippen LogP contribution in [0.2, 0.25) is 0 Å². The number of primary sulfonamides is 1. The SMILES string of the molecule is COc1nccc(C)c1N1CC(CS(N)(=O)=O)CC1=O. The Morgan fingerprint density at radius 2 is 2.25 bits per heavy atom. The number of ether oxygens (including phenoxy) is 1. The molecule has 1 amide bonds. The van der Waals surface area contributed by atoms with Gasteiger partial charge in [0.15, 0.2) is 0 Å². The van der Waals surface area contributed by atoms with Gasteiger partial charge in [-0.15, -0.1) is 0 Å². The number of carbonyl (C=O) groups is 1. The largest absolute Gasteiger partial charge is 0.480 e. The molecular formula is C12H17N3O4S. The van der Waals surface area contributed by atoms with Crippen molar-refractivity contribution in [2.75, 3.05) is 24.3 Å². The monoisotopic (exact) mass is 299 g/mol. The smallest absolute Gasteiger partial charge is 0.237 e. The standard InChI is InChI=1S/C12H17N3O4S/c1-8-3-4-14-12(19-2)11(8)15-6-9(5-10(15)16)7-20(13,17)18/h3-4,9H,5-7H2,1-2H3,(H2,13,17,18). The Hall–Kier alpha value is -1.67. The minimum atomic E-state index is -3.59. The number of anilines is 1. The molecule has 1 fully saturated rings. The van der Waals surface area contributed by atoms with Gasteiger partial charge in [-0.25, -0.2) is 18.5 Å². The Morgan fingerprint density at radius 3 is 2.85 bits per heavy atom. The maximum atomic E-state index is 12.1. The third-order valence-corrected chi connectivity index (χ3v) is 4.16. The number of methoxy groups -OCH3 is 1. The molecule has 0 aromatic carbocycles. The quantitative estimate of drug-likeness (QED) is 0.845. The van der Waals surface area contributed by atoms with Crippen LogP contribution in [0.5, 0.6) is 5.88 Å². The van der Waals surface area contributed by atoms with Crippen molar-refractivity contribution >= 4 is 21.6 Å². The number of pyridine rings is 1. The molecule has 2 heterocycles. The summed E-state index contributed by atoms with van der Waals surface area (Å²) in [4.78, 5) is 17.7. The number of carbonyl (C=O) groups excluding carboxylic acids is 1. The summed E-state index contributed by atoms with van der Waals surface area (Å²) in [6, 6.07) is 1.78. The molecule has 2 N–H and O–H groups in total. The molecule has 0 saturated carbocycles. The lowest BCUT2D eigenvalue weighted by atomic mass is 10.1. The van der Waals surface area contributed by atoms with Gasteiger partial charge in [0.25, 0.3) is 0 Å². The number of aromatic nitrogens is 1. The summed E-state index contributed by atoms with van der Waals surface area (Å²) in [5.74, 6) is -0.291. The van der Waals surface area contributed by atoms with Crippen LogP contribution in [0.1, 0.15) is 12.0 Å². The highest BCUT2D eigenvalue weighted by Gasteiger charge is 2.35. The number of nitrogens with zero attached hydrogens (tertiary/aromatic N) is 2. The maximum absolute atomic E-state index is 12.1. The number of sulfonamides is 1. The van der Waals surface area contributed by atoms with Crippen LogP contribution in [0, 0.1) is 12.8 Å². The Bertz CT molecular complexity index is 630. The predicted molar refractivity (Wildman–Crippen MR) is 74.0 cm³/mol. The Morgan fingerprint density at radius 1 is 1.55 bits per heavy atom. The molecule has 0 spiro atoms. The van der Waals surface area contributed by atoms with Gasteiger partial charge < -0.3 is 9.64 Å². The van der Waals surface area contributed by atoms with E-state index in [-0.39, 0.29) is 24.0 Å². The van der Waals surface area contributed by atoms with E-state index in [4.69, 9.17) is 9.88 Å². The minimum Gasteiger partial charge on any atom is -0.480 e. The van der Waals surface area contributed by atoms with Crippen molar-refractivity contribution in [1.29, 1.82) is 0 Å². The first-order valence-corrected chi connectivity index (χ1v) is 7.84. The molecule has 1 aliphatic heterocycles. The molecule has 0 bridgehead atoms. The number of hydrogen-bond acceptors (Lipinski definition) is 5. The van der Waals surface area contributed by atoms with Crippen molar-refractivity contribution in [3.05, 3.63) is 17.8 Å². The molecule has 1 saturated heterocycles. The molecule has 0 radical (unpaired) electrons. The summed E-state index contributed by atoms with van der Waals surface area (Å²) in [7, 11) is -2.11. The van der Waals surface area contributed by atoms with E-state index in [0.29, 0.717) is 18.1 Å². The summed E-state index contributed by atoms with van der Waals surface area (Å²) >= 11 is 0. The van der Waals surface area contributed by atoms with Crippen molar-refractivity contribution in [3.8, 4) is 5.88 Å². The highest BCUT2D eigenvalue weighted by atomic mass is 32.2. The van der Waals surface area contributed by atoms with Crippen LogP contribution in [0.25, 0.3) is 0 Å². The van der Waals surface area contributed by atoms with E-state index in [9.17, 15) is 13.2 Å². The lowest BCUT2D eigenvalue weighted by molar-refractivity contribution is -0.117. The van der Waals surface area contributed by atoms with Crippen molar-refractivity contribution in [2.24, 2.45) is 11.1 Å². The maximum Gasteiger partial charge on any atom is 0.237 e. The lowest BCUT2D eigenvalue weighted by Crippen LogP contribution is -2.28. The first-order valence-electron chi connectivity index (χ1n) is 6.12. The van der Waals surface area contributed by atoms with E-state index in [1.807, 2.05) is 6.92 Å². The normalized spacial score (nSPS) is 19.4. The third kappa shape index (κ3) is 3.07. The predicted octanol–water partition coefficient (Wildman–Crippen LogP) is 0.0400. The van der Waals surface area contributed by atoms with Gasteiger partial charge in [0.2, 0.25) is 21.8 Å². The van der Waals surface area contributed by atoms with Gasteiger partial charge in [-0.3, -0.25) is 4.79 Å². The molecule has 7 nitrogen and oxygen atoms in total. The zero-order valence-electron chi connectivity index (χ0n) is 11.4. The van der Waals surface area contributed by atoms with E-state index in [2.05, 4.69) is 4.98 Å². The highest BCUT2D eigenvalue weighted by Crippen LogP contribution is 2.34. The van der Waals surface area contributed by atoms with Gasteiger partial charge in [-0.1, -0.05) is 0 Å². The summed E-state index contributed by atoms with van der Waals surface area (Å²) in [5.41, 5.74) is 1.44. The van der Waals surface area contributed by atoms with Crippen LogP contribution in [0.15, 0.2) is 12.3 Å².